The molecule has 1 heterocycles. The highest BCUT2D eigenvalue weighted by molar-refractivity contribution is 9.11. The molecule has 0 saturated heterocycles. The third kappa shape index (κ3) is 3.12. The summed E-state index contributed by atoms with van der Waals surface area (Å²) in [5.74, 6) is 0.890. The Morgan fingerprint density at radius 1 is 1.06 bits per heavy atom. The molecule has 0 radical (unpaired) electrons. The van der Waals surface area contributed by atoms with E-state index in [1.54, 1.807) is 0 Å². The fourth-order valence-corrected chi connectivity index (χ4v) is 2.79. The van der Waals surface area contributed by atoms with Crippen LogP contribution < -0.4 is 5.32 Å². The number of halogens is 3. The number of rotatable bonds is 3. The minimum Gasteiger partial charge on any atom is -0.452 e. The van der Waals surface area contributed by atoms with E-state index in [4.69, 9.17) is 4.42 Å². The van der Waals surface area contributed by atoms with Crippen LogP contribution in [-0.2, 0) is 6.54 Å². The van der Waals surface area contributed by atoms with Gasteiger partial charge in [-0.3, -0.25) is 0 Å². The second-order valence-corrected chi connectivity index (χ2v) is 5.74. The van der Waals surface area contributed by atoms with E-state index in [0.29, 0.717) is 6.54 Å². The van der Waals surface area contributed by atoms with Crippen molar-refractivity contribution in [2.45, 2.75) is 6.54 Å². The van der Waals surface area contributed by atoms with Gasteiger partial charge in [0.15, 0.2) is 4.67 Å². The molecule has 84 valence electrons. The Balaban J connectivity index is 2.04. The summed E-state index contributed by atoms with van der Waals surface area (Å²) in [7, 11) is 0. The summed E-state index contributed by atoms with van der Waals surface area (Å²) in [5, 5.41) is 3.29. The summed E-state index contributed by atoms with van der Waals surface area (Å²) in [6, 6.07) is 9.81. The monoisotopic (exact) mass is 407 g/mol. The molecule has 16 heavy (non-hydrogen) atoms. The van der Waals surface area contributed by atoms with Gasteiger partial charge in [-0.1, -0.05) is 15.9 Å². The number of furan rings is 1. The average Bonchev–Trinajstić information content (AvgIpc) is 2.63. The van der Waals surface area contributed by atoms with Crippen LogP contribution in [0.5, 0.6) is 0 Å². The topological polar surface area (TPSA) is 25.2 Å². The fraction of sp³-hybridized carbons (Fsp3) is 0.0909. The van der Waals surface area contributed by atoms with E-state index in [-0.39, 0.29) is 0 Å². The van der Waals surface area contributed by atoms with Crippen LogP contribution in [0, 0.1) is 0 Å². The first kappa shape index (κ1) is 12.2. The van der Waals surface area contributed by atoms with Gasteiger partial charge < -0.3 is 9.73 Å². The Morgan fingerprint density at radius 3 is 2.50 bits per heavy atom. The molecule has 0 amide bonds. The van der Waals surface area contributed by atoms with Crippen molar-refractivity contribution in [1.82, 2.24) is 0 Å². The largest absolute Gasteiger partial charge is 0.452 e. The highest BCUT2D eigenvalue weighted by Crippen LogP contribution is 2.26. The van der Waals surface area contributed by atoms with Crippen molar-refractivity contribution >= 4 is 53.5 Å². The third-order valence-electron chi connectivity index (χ3n) is 2.01. The van der Waals surface area contributed by atoms with E-state index in [1.807, 2.05) is 30.3 Å². The Labute approximate surface area is 119 Å². The molecule has 1 N–H and O–H groups in total. The predicted octanol–water partition coefficient (Wildman–Crippen LogP) is 5.18. The minimum absolute atomic E-state index is 0.659. The van der Waals surface area contributed by atoms with Crippen LogP contribution >= 0.6 is 47.8 Å². The first-order valence-electron chi connectivity index (χ1n) is 4.58. The standard InChI is InChI=1S/C11H8Br3NO/c12-7-1-3-10(9(13)5-7)15-6-8-2-4-11(14)16-8/h1-5,15H,6H2. The van der Waals surface area contributed by atoms with Crippen molar-refractivity contribution in [1.29, 1.82) is 0 Å². The van der Waals surface area contributed by atoms with Crippen LogP contribution in [-0.4, -0.2) is 0 Å². The van der Waals surface area contributed by atoms with Gasteiger partial charge in [0.25, 0.3) is 0 Å². The second kappa shape index (κ2) is 5.38. The summed E-state index contributed by atoms with van der Waals surface area (Å²) in [6.07, 6.45) is 0. The summed E-state index contributed by atoms with van der Waals surface area (Å²) in [4.78, 5) is 0. The fourth-order valence-electron chi connectivity index (χ4n) is 1.26. The Bertz CT molecular complexity index is 496. The predicted molar refractivity (Wildman–Crippen MR) is 75.6 cm³/mol. The van der Waals surface area contributed by atoms with E-state index in [2.05, 4.69) is 53.1 Å². The molecule has 2 rings (SSSR count). The van der Waals surface area contributed by atoms with Gasteiger partial charge in [-0.15, -0.1) is 0 Å². The molecule has 0 aliphatic rings. The Hall–Kier alpha value is -0.260. The van der Waals surface area contributed by atoms with Crippen molar-refractivity contribution in [3.8, 4) is 0 Å². The molecule has 2 nitrogen and oxygen atoms in total. The zero-order chi connectivity index (χ0) is 11.5. The van der Waals surface area contributed by atoms with Gasteiger partial charge in [0.1, 0.15) is 5.76 Å². The average molecular weight is 410 g/mol. The van der Waals surface area contributed by atoms with Crippen LogP contribution in [0.25, 0.3) is 0 Å². The maximum Gasteiger partial charge on any atom is 0.169 e. The highest BCUT2D eigenvalue weighted by atomic mass is 79.9. The van der Waals surface area contributed by atoms with E-state index < -0.39 is 0 Å². The van der Waals surface area contributed by atoms with Crippen LogP contribution in [0.2, 0.25) is 0 Å². The molecule has 0 unspecified atom stereocenters. The summed E-state index contributed by atoms with van der Waals surface area (Å²) in [5.41, 5.74) is 1.04. The van der Waals surface area contributed by atoms with E-state index in [9.17, 15) is 0 Å². The Morgan fingerprint density at radius 2 is 1.88 bits per heavy atom. The third-order valence-corrected chi connectivity index (χ3v) is 3.59. The SMILES string of the molecule is Brc1ccc(NCc2ccc(Br)o2)c(Br)c1. The lowest BCUT2D eigenvalue weighted by molar-refractivity contribution is 0.495. The maximum atomic E-state index is 5.40. The van der Waals surface area contributed by atoms with Crippen molar-refractivity contribution in [3.05, 3.63) is 49.7 Å². The number of anilines is 1. The molecule has 1 aromatic heterocycles. The Kier molecular flexibility index (Phi) is 4.10. The molecule has 0 spiro atoms. The van der Waals surface area contributed by atoms with E-state index >= 15 is 0 Å². The van der Waals surface area contributed by atoms with Gasteiger partial charge in [-0.05, 0) is 62.2 Å². The summed E-state index contributed by atoms with van der Waals surface area (Å²) >= 11 is 10.2. The van der Waals surface area contributed by atoms with E-state index in [1.165, 1.54) is 0 Å². The second-order valence-electron chi connectivity index (χ2n) is 3.18. The van der Waals surface area contributed by atoms with Gasteiger partial charge in [-0.2, -0.15) is 0 Å². The molecule has 5 heteroatoms. The first-order valence-corrected chi connectivity index (χ1v) is 6.96. The zero-order valence-corrected chi connectivity index (χ0v) is 12.9. The number of nitrogens with one attached hydrogen (secondary N) is 1. The van der Waals surface area contributed by atoms with Crippen LogP contribution in [0.3, 0.4) is 0 Å². The van der Waals surface area contributed by atoms with Crippen LogP contribution in [0.4, 0.5) is 5.69 Å². The number of hydrogen-bond acceptors (Lipinski definition) is 2. The molecule has 0 saturated carbocycles. The van der Waals surface area contributed by atoms with Gasteiger partial charge in [0.2, 0.25) is 0 Å². The molecular weight excluding hydrogens is 402 g/mol. The van der Waals surface area contributed by atoms with Gasteiger partial charge in [-0.25, -0.2) is 0 Å². The minimum atomic E-state index is 0.659. The molecule has 0 aliphatic carbocycles. The molecule has 0 bridgehead atoms. The van der Waals surface area contributed by atoms with Gasteiger partial charge in [0, 0.05) is 14.6 Å². The van der Waals surface area contributed by atoms with Crippen LogP contribution in [0.15, 0.2) is 48.4 Å². The van der Waals surface area contributed by atoms with Gasteiger partial charge in [0.05, 0.1) is 6.54 Å². The zero-order valence-electron chi connectivity index (χ0n) is 8.14. The molecular formula is C11H8Br3NO. The molecule has 0 fully saturated rings. The lowest BCUT2D eigenvalue weighted by atomic mass is 10.3. The lowest BCUT2D eigenvalue weighted by Crippen LogP contribution is -1.98. The summed E-state index contributed by atoms with van der Waals surface area (Å²) < 4.78 is 8.22. The molecule has 1 aromatic carbocycles. The van der Waals surface area contributed by atoms with Crippen molar-refractivity contribution in [2.24, 2.45) is 0 Å². The van der Waals surface area contributed by atoms with Crippen LogP contribution in [0.1, 0.15) is 5.76 Å². The first-order chi connectivity index (χ1) is 7.65. The van der Waals surface area contributed by atoms with E-state index in [0.717, 1.165) is 25.1 Å². The number of hydrogen-bond donors (Lipinski definition) is 1. The summed E-state index contributed by atoms with van der Waals surface area (Å²) in [6.45, 7) is 0.659. The normalized spacial score (nSPS) is 10.4. The van der Waals surface area contributed by atoms with Crippen molar-refractivity contribution in [3.63, 3.8) is 0 Å². The lowest BCUT2D eigenvalue weighted by Gasteiger charge is -2.07. The molecule has 0 aliphatic heterocycles. The smallest absolute Gasteiger partial charge is 0.169 e. The molecule has 2 aromatic rings. The molecule has 0 atom stereocenters. The highest BCUT2D eigenvalue weighted by Gasteiger charge is 2.02. The number of benzene rings is 1. The quantitative estimate of drug-likeness (QED) is 0.755. The van der Waals surface area contributed by atoms with Gasteiger partial charge >= 0.3 is 0 Å². The van der Waals surface area contributed by atoms with Crippen molar-refractivity contribution < 1.29 is 4.42 Å². The van der Waals surface area contributed by atoms with Crippen molar-refractivity contribution in [2.75, 3.05) is 5.32 Å². The maximum absolute atomic E-state index is 5.40.